The lowest BCUT2D eigenvalue weighted by molar-refractivity contribution is -0.135. The molecule has 1 aromatic carbocycles. The number of urea groups is 1. The molecule has 0 aromatic heterocycles. The second-order valence-electron chi connectivity index (χ2n) is 6.57. The predicted molar refractivity (Wildman–Crippen MR) is 94.5 cm³/mol. The molecule has 1 spiro atoms. The van der Waals surface area contributed by atoms with Crippen LogP contribution in [0.15, 0.2) is 18.2 Å². The molecule has 134 valence electrons. The number of hydrogen-bond donors (Lipinski definition) is 2. The van der Waals surface area contributed by atoms with Crippen LogP contribution in [0.3, 0.4) is 0 Å². The van der Waals surface area contributed by atoms with Crippen molar-refractivity contribution in [1.29, 1.82) is 0 Å². The standard InChI is InChI=1S/C17H19Cl2N3O3/c1-10(12-5-4-11(18)8-13(12)19)20-14(23)9-22-15(24)17(21-16(22)25)6-2-3-7-17/h4-5,8,10H,2-3,6-7,9H2,1H3,(H,20,23)(H,21,25)/t10-/m1/s1. The number of imide groups is 1. The quantitative estimate of drug-likeness (QED) is 0.784. The zero-order valence-corrected chi connectivity index (χ0v) is 15.3. The van der Waals surface area contributed by atoms with Crippen molar-refractivity contribution in [3.05, 3.63) is 33.8 Å². The third-order valence-corrected chi connectivity index (χ3v) is 5.37. The Morgan fingerprint density at radius 2 is 2.00 bits per heavy atom. The number of carbonyl (C=O) groups is 3. The summed E-state index contributed by atoms with van der Waals surface area (Å²) in [6.45, 7) is 1.47. The van der Waals surface area contributed by atoms with Gasteiger partial charge >= 0.3 is 6.03 Å². The molecule has 0 unspecified atom stereocenters. The van der Waals surface area contributed by atoms with Crippen LogP contribution >= 0.6 is 23.2 Å². The van der Waals surface area contributed by atoms with Crippen molar-refractivity contribution in [2.45, 2.75) is 44.2 Å². The Hall–Kier alpha value is -1.79. The van der Waals surface area contributed by atoms with Crippen molar-refractivity contribution in [2.75, 3.05) is 6.54 Å². The van der Waals surface area contributed by atoms with Gasteiger partial charge in [-0.25, -0.2) is 4.79 Å². The van der Waals surface area contributed by atoms with E-state index < -0.39 is 17.5 Å². The lowest BCUT2D eigenvalue weighted by atomic mass is 9.98. The average Bonchev–Trinajstić information content (AvgIpc) is 3.08. The van der Waals surface area contributed by atoms with Crippen LogP contribution < -0.4 is 10.6 Å². The Bertz CT molecular complexity index is 732. The highest BCUT2D eigenvalue weighted by Gasteiger charge is 2.52. The third-order valence-electron chi connectivity index (χ3n) is 4.81. The van der Waals surface area contributed by atoms with Gasteiger partial charge in [-0.15, -0.1) is 0 Å². The SMILES string of the molecule is C[C@@H](NC(=O)CN1C(=O)NC2(CCCC2)C1=O)c1ccc(Cl)cc1Cl. The van der Waals surface area contributed by atoms with Gasteiger partial charge in [0.25, 0.3) is 5.91 Å². The molecule has 3 rings (SSSR count). The van der Waals surface area contributed by atoms with Crippen molar-refractivity contribution >= 4 is 41.0 Å². The molecule has 2 fully saturated rings. The normalized spacial score (nSPS) is 20.0. The molecule has 4 amide bonds. The highest BCUT2D eigenvalue weighted by Crippen LogP contribution is 2.35. The summed E-state index contributed by atoms with van der Waals surface area (Å²) in [6.07, 6.45) is 3.06. The van der Waals surface area contributed by atoms with Gasteiger partial charge in [-0.05, 0) is 37.5 Å². The minimum Gasteiger partial charge on any atom is -0.348 e. The van der Waals surface area contributed by atoms with Crippen LogP contribution in [-0.4, -0.2) is 34.8 Å². The molecule has 2 aliphatic rings. The summed E-state index contributed by atoms with van der Waals surface area (Å²) in [5.74, 6) is -0.723. The Balaban J connectivity index is 1.64. The van der Waals surface area contributed by atoms with Crippen LogP contribution in [0.25, 0.3) is 0 Å². The van der Waals surface area contributed by atoms with Gasteiger partial charge in [0.2, 0.25) is 5.91 Å². The first kappa shape index (κ1) is 18.0. The lowest BCUT2D eigenvalue weighted by Crippen LogP contribution is -2.45. The first-order valence-corrected chi connectivity index (χ1v) is 8.96. The van der Waals surface area contributed by atoms with Crippen molar-refractivity contribution in [3.8, 4) is 0 Å². The fourth-order valence-corrected chi connectivity index (χ4v) is 4.07. The summed E-state index contributed by atoms with van der Waals surface area (Å²) in [5, 5.41) is 6.47. The van der Waals surface area contributed by atoms with Crippen LogP contribution in [-0.2, 0) is 9.59 Å². The van der Waals surface area contributed by atoms with Crippen molar-refractivity contribution < 1.29 is 14.4 Å². The number of nitrogens with one attached hydrogen (secondary N) is 2. The molecule has 1 saturated heterocycles. The molecule has 1 aliphatic carbocycles. The number of rotatable bonds is 4. The number of halogens is 2. The Kier molecular flexibility index (Phi) is 4.93. The third kappa shape index (κ3) is 3.46. The Morgan fingerprint density at radius 1 is 1.32 bits per heavy atom. The van der Waals surface area contributed by atoms with E-state index in [0.29, 0.717) is 28.5 Å². The van der Waals surface area contributed by atoms with E-state index in [2.05, 4.69) is 10.6 Å². The van der Waals surface area contributed by atoms with E-state index >= 15 is 0 Å². The maximum absolute atomic E-state index is 12.5. The fraction of sp³-hybridized carbons (Fsp3) is 0.471. The molecule has 2 N–H and O–H groups in total. The number of benzene rings is 1. The number of amides is 4. The molecule has 1 aromatic rings. The summed E-state index contributed by atoms with van der Waals surface area (Å²) in [4.78, 5) is 38.0. The van der Waals surface area contributed by atoms with E-state index in [1.54, 1.807) is 25.1 Å². The van der Waals surface area contributed by atoms with Crippen LogP contribution in [0.1, 0.15) is 44.2 Å². The van der Waals surface area contributed by atoms with Gasteiger partial charge in [0, 0.05) is 10.0 Å². The zero-order chi connectivity index (χ0) is 18.2. The molecule has 1 heterocycles. The van der Waals surface area contributed by atoms with E-state index in [-0.39, 0.29) is 18.5 Å². The molecule has 1 aliphatic heterocycles. The smallest absolute Gasteiger partial charge is 0.325 e. The molecule has 6 nitrogen and oxygen atoms in total. The molecule has 0 radical (unpaired) electrons. The topological polar surface area (TPSA) is 78.5 Å². The van der Waals surface area contributed by atoms with E-state index in [4.69, 9.17) is 23.2 Å². The van der Waals surface area contributed by atoms with E-state index in [9.17, 15) is 14.4 Å². The Labute approximate surface area is 155 Å². The summed E-state index contributed by atoms with van der Waals surface area (Å²) < 4.78 is 0. The molecular weight excluding hydrogens is 365 g/mol. The largest absolute Gasteiger partial charge is 0.348 e. The fourth-order valence-electron chi connectivity index (χ4n) is 3.50. The van der Waals surface area contributed by atoms with Gasteiger partial charge in [0.05, 0.1) is 6.04 Å². The average molecular weight is 384 g/mol. The summed E-state index contributed by atoms with van der Waals surface area (Å²) >= 11 is 12.0. The van der Waals surface area contributed by atoms with Gasteiger partial charge in [0.15, 0.2) is 0 Å². The van der Waals surface area contributed by atoms with Gasteiger partial charge in [-0.1, -0.05) is 42.1 Å². The summed E-state index contributed by atoms with van der Waals surface area (Å²) in [6, 6.07) is 4.14. The van der Waals surface area contributed by atoms with E-state index in [1.165, 1.54) is 0 Å². The van der Waals surface area contributed by atoms with Crippen LogP contribution in [0.5, 0.6) is 0 Å². The maximum atomic E-state index is 12.5. The second kappa shape index (κ2) is 6.84. The minimum atomic E-state index is -0.803. The van der Waals surface area contributed by atoms with Gasteiger partial charge < -0.3 is 10.6 Å². The Morgan fingerprint density at radius 3 is 2.64 bits per heavy atom. The van der Waals surface area contributed by atoms with E-state index in [1.807, 2.05) is 0 Å². The van der Waals surface area contributed by atoms with Crippen molar-refractivity contribution in [1.82, 2.24) is 15.5 Å². The molecular formula is C17H19Cl2N3O3. The number of nitrogens with zero attached hydrogens (tertiary/aromatic N) is 1. The van der Waals surface area contributed by atoms with Crippen LogP contribution in [0, 0.1) is 0 Å². The summed E-state index contributed by atoms with van der Waals surface area (Å²) in [5.41, 5.74) is -0.0912. The van der Waals surface area contributed by atoms with Crippen LogP contribution in [0.2, 0.25) is 10.0 Å². The highest BCUT2D eigenvalue weighted by atomic mass is 35.5. The van der Waals surface area contributed by atoms with E-state index in [0.717, 1.165) is 17.7 Å². The molecule has 1 saturated carbocycles. The molecule has 1 atom stereocenters. The van der Waals surface area contributed by atoms with Gasteiger partial charge in [0.1, 0.15) is 12.1 Å². The minimum absolute atomic E-state index is 0.303. The van der Waals surface area contributed by atoms with Gasteiger partial charge in [-0.3, -0.25) is 14.5 Å². The second-order valence-corrected chi connectivity index (χ2v) is 7.41. The summed E-state index contributed by atoms with van der Waals surface area (Å²) in [7, 11) is 0. The predicted octanol–water partition coefficient (Wildman–Crippen LogP) is 3.04. The van der Waals surface area contributed by atoms with Crippen molar-refractivity contribution in [2.24, 2.45) is 0 Å². The molecule has 0 bridgehead atoms. The zero-order valence-electron chi connectivity index (χ0n) is 13.8. The number of carbonyl (C=O) groups excluding carboxylic acids is 3. The highest BCUT2D eigenvalue weighted by molar-refractivity contribution is 6.35. The lowest BCUT2D eigenvalue weighted by Gasteiger charge is -2.21. The first-order chi connectivity index (χ1) is 11.8. The molecule has 8 heteroatoms. The maximum Gasteiger partial charge on any atom is 0.325 e. The monoisotopic (exact) mass is 383 g/mol. The van der Waals surface area contributed by atoms with Gasteiger partial charge in [-0.2, -0.15) is 0 Å². The van der Waals surface area contributed by atoms with Crippen LogP contribution in [0.4, 0.5) is 4.79 Å². The molecule has 25 heavy (non-hydrogen) atoms. The number of hydrogen-bond acceptors (Lipinski definition) is 3. The van der Waals surface area contributed by atoms with Crippen molar-refractivity contribution in [3.63, 3.8) is 0 Å². The first-order valence-electron chi connectivity index (χ1n) is 8.21.